The van der Waals surface area contributed by atoms with E-state index in [9.17, 15) is 9.59 Å². The molecule has 2 aromatic rings. The van der Waals surface area contributed by atoms with Crippen LogP contribution in [0.4, 0.5) is 0 Å². The van der Waals surface area contributed by atoms with Crippen LogP contribution in [0.25, 0.3) is 0 Å². The van der Waals surface area contributed by atoms with Crippen molar-refractivity contribution in [2.24, 2.45) is 0 Å². The molecule has 1 atom stereocenters. The van der Waals surface area contributed by atoms with Crippen molar-refractivity contribution in [3.63, 3.8) is 0 Å². The van der Waals surface area contributed by atoms with E-state index in [2.05, 4.69) is 5.32 Å². The first kappa shape index (κ1) is 21.7. The summed E-state index contributed by atoms with van der Waals surface area (Å²) in [6.07, 6.45) is 1.04. The van der Waals surface area contributed by atoms with Gasteiger partial charge in [0.15, 0.2) is 0 Å². The van der Waals surface area contributed by atoms with E-state index in [4.69, 9.17) is 0 Å². The van der Waals surface area contributed by atoms with Crippen molar-refractivity contribution in [3.8, 4) is 0 Å². The van der Waals surface area contributed by atoms with Gasteiger partial charge in [0.25, 0.3) is 0 Å². The number of nitrogens with zero attached hydrogens (tertiary/aromatic N) is 1. The second kappa shape index (κ2) is 9.54. The molecule has 0 bridgehead atoms. The molecule has 0 aromatic heterocycles. The topological polar surface area (TPSA) is 49.4 Å². The fourth-order valence-electron chi connectivity index (χ4n) is 2.99. The Kier molecular flexibility index (Phi) is 7.38. The summed E-state index contributed by atoms with van der Waals surface area (Å²) in [6.45, 7) is 10.1. The predicted octanol–water partition coefficient (Wildman–Crippen LogP) is 4.26. The normalized spacial score (nSPS) is 12.3. The third-order valence-corrected chi connectivity index (χ3v) is 4.61. The SMILES string of the molecule is Cc1ccc(CN(C(=O)CCc2ccccc2)[C@@H](C)C(=O)NC(C)(C)C)cc1. The first-order valence-corrected chi connectivity index (χ1v) is 9.87. The predicted molar refractivity (Wildman–Crippen MR) is 114 cm³/mol. The number of aryl methyl sites for hydroxylation is 2. The molecule has 0 aliphatic heterocycles. The molecule has 0 saturated carbocycles. The lowest BCUT2D eigenvalue weighted by atomic mass is 10.1. The molecule has 2 aromatic carbocycles. The molecule has 0 aliphatic rings. The lowest BCUT2D eigenvalue weighted by Crippen LogP contribution is -2.52. The minimum atomic E-state index is -0.538. The third-order valence-electron chi connectivity index (χ3n) is 4.61. The lowest BCUT2D eigenvalue weighted by molar-refractivity contribution is -0.141. The van der Waals surface area contributed by atoms with Gasteiger partial charge in [0, 0.05) is 18.5 Å². The van der Waals surface area contributed by atoms with Gasteiger partial charge in [-0.15, -0.1) is 0 Å². The van der Waals surface area contributed by atoms with Crippen molar-refractivity contribution >= 4 is 11.8 Å². The summed E-state index contributed by atoms with van der Waals surface area (Å²) in [5.41, 5.74) is 2.98. The van der Waals surface area contributed by atoms with Crippen LogP contribution in [0.1, 0.15) is 50.8 Å². The van der Waals surface area contributed by atoms with E-state index in [1.54, 1.807) is 11.8 Å². The molecule has 0 unspecified atom stereocenters. The Morgan fingerprint density at radius 1 is 0.964 bits per heavy atom. The first-order valence-electron chi connectivity index (χ1n) is 9.87. The Bertz CT molecular complexity index is 777. The number of rotatable bonds is 7. The van der Waals surface area contributed by atoms with Gasteiger partial charge in [-0.3, -0.25) is 9.59 Å². The molecule has 1 N–H and O–H groups in total. The molecular formula is C24H32N2O2. The van der Waals surface area contributed by atoms with Gasteiger partial charge in [-0.2, -0.15) is 0 Å². The van der Waals surface area contributed by atoms with Gasteiger partial charge in [-0.1, -0.05) is 60.2 Å². The van der Waals surface area contributed by atoms with Crippen LogP contribution in [0, 0.1) is 6.92 Å². The van der Waals surface area contributed by atoms with Gasteiger partial charge in [0.1, 0.15) is 6.04 Å². The van der Waals surface area contributed by atoms with Crippen LogP contribution in [0.5, 0.6) is 0 Å². The lowest BCUT2D eigenvalue weighted by Gasteiger charge is -2.31. The van der Waals surface area contributed by atoms with Crippen molar-refractivity contribution in [2.45, 2.75) is 65.6 Å². The second-order valence-electron chi connectivity index (χ2n) is 8.41. The summed E-state index contributed by atoms with van der Waals surface area (Å²) in [7, 11) is 0. The first-order chi connectivity index (χ1) is 13.2. The summed E-state index contributed by atoms with van der Waals surface area (Å²) in [5.74, 6) is -0.145. The number of nitrogens with one attached hydrogen (secondary N) is 1. The Hall–Kier alpha value is -2.62. The average Bonchev–Trinajstić information content (AvgIpc) is 2.64. The Morgan fingerprint density at radius 3 is 2.14 bits per heavy atom. The Balaban J connectivity index is 2.15. The number of carbonyl (C=O) groups is 2. The van der Waals surface area contributed by atoms with Crippen LogP contribution in [0.15, 0.2) is 54.6 Å². The summed E-state index contributed by atoms with van der Waals surface area (Å²) in [4.78, 5) is 27.5. The molecule has 4 nitrogen and oxygen atoms in total. The maximum Gasteiger partial charge on any atom is 0.242 e. The zero-order chi connectivity index (χ0) is 20.7. The van der Waals surface area contributed by atoms with Crippen LogP contribution in [-0.2, 0) is 22.6 Å². The van der Waals surface area contributed by atoms with E-state index in [-0.39, 0.29) is 17.4 Å². The third kappa shape index (κ3) is 6.84. The minimum absolute atomic E-state index is 0.0130. The van der Waals surface area contributed by atoms with Gasteiger partial charge < -0.3 is 10.2 Å². The van der Waals surface area contributed by atoms with Gasteiger partial charge in [0.2, 0.25) is 11.8 Å². The zero-order valence-corrected chi connectivity index (χ0v) is 17.7. The van der Waals surface area contributed by atoms with Crippen molar-refractivity contribution in [1.29, 1.82) is 0 Å². The fraction of sp³-hybridized carbons (Fsp3) is 0.417. The van der Waals surface area contributed by atoms with Gasteiger partial charge in [-0.25, -0.2) is 0 Å². The fourth-order valence-corrected chi connectivity index (χ4v) is 2.99. The van der Waals surface area contributed by atoms with Crippen LogP contribution in [0.2, 0.25) is 0 Å². The van der Waals surface area contributed by atoms with Crippen LogP contribution >= 0.6 is 0 Å². The van der Waals surface area contributed by atoms with E-state index in [0.717, 1.165) is 11.1 Å². The highest BCUT2D eigenvalue weighted by Crippen LogP contribution is 2.14. The molecule has 0 spiro atoms. The van der Waals surface area contributed by atoms with Crippen LogP contribution in [-0.4, -0.2) is 28.3 Å². The quantitative estimate of drug-likeness (QED) is 0.780. The number of benzene rings is 2. The largest absolute Gasteiger partial charge is 0.350 e. The highest BCUT2D eigenvalue weighted by molar-refractivity contribution is 5.87. The number of amides is 2. The molecule has 2 rings (SSSR count). The molecule has 0 saturated heterocycles. The monoisotopic (exact) mass is 380 g/mol. The molecule has 2 amide bonds. The Labute approximate surface area is 169 Å². The molecular weight excluding hydrogens is 348 g/mol. The highest BCUT2D eigenvalue weighted by atomic mass is 16.2. The maximum atomic E-state index is 13.0. The highest BCUT2D eigenvalue weighted by Gasteiger charge is 2.28. The summed E-state index contributed by atoms with van der Waals surface area (Å²) >= 11 is 0. The summed E-state index contributed by atoms with van der Waals surface area (Å²) in [5, 5.41) is 2.99. The smallest absolute Gasteiger partial charge is 0.242 e. The van der Waals surface area contributed by atoms with Crippen molar-refractivity contribution in [1.82, 2.24) is 10.2 Å². The van der Waals surface area contributed by atoms with Crippen molar-refractivity contribution < 1.29 is 9.59 Å². The molecule has 28 heavy (non-hydrogen) atoms. The molecule has 0 aliphatic carbocycles. The van der Waals surface area contributed by atoms with Crippen LogP contribution in [0.3, 0.4) is 0 Å². The number of hydrogen-bond donors (Lipinski definition) is 1. The standard InChI is InChI=1S/C24H32N2O2/c1-18-11-13-21(14-12-18)17-26(19(2)23(28)25-24(3,4)5)22(27)16-15-20-9-7-6-8-10-20/h6-14,19H,15-17H2,1-5H3,(H,25,28)/t19-/m0/s1. The summed E-state index contributed by atoms with van der Waals surface area (Å²) < 4.78 is 0. The van der Waals surface area contributed by atoms with Crippen LogP contribution < -0.4 is 5.32 Å². The van der Waals surface area contributed by atoms with E-state index < -0.39 is 6.04 Å². The molecule has 4 heteroatoms. The minimum Gasteiger partial charge on any atom is -0.350 e. The van der Waals surface area contributed by atoms with Gasteiger partial charge >= 0.3 is 0 Å². The maximum absolute atomic E-state index is 13.0. The van der Waals surface area contributed by atoms with E-state index in [1.807, 2.05) is 82.3 Å². The van der Waals surface area contributed by atoms with Crippen molar-refractivity contribution in [2.75, 3.05) is 0 Å². The van der Waals surface area contributed by atoms with Gasteiger partial charge in [0.05, 0.1) is 0 Å². The Morgan fingerprint density at radius 2 is 1.57 bits per heavy atom. The zero-order valence-electron chi connectivity index (χ0n) is 17.7. The molecule has 0 heterocycles. The van der Waals surface area contributed by atoms with Crippen molar-refractivity contribution in [3.05, 3.63) is 71.3 Å². The average molecular weight is 381 g/mol. The van der Waals surface area contributed by atoms with E-state index in [0.29, 0.717) is 19.4 Å². The number of carbonyl (C=O) groups excluding carboxylic acids is 2. The summed E-state index contributed by atoms with van der Waals surface area (Å²) in [6, 6.07) is 17.5. The number of hydrogen-bond acceptors (Lipinski definition) is 2. The molecule has 150 valence electrons. The second-order valence-corrected chi connectivity index (χ2v) is 8.41. The van der Waals surface area contributed by atoms with E-state index in [1.165, 1.54) is 5.56 Å². The van der Waals surface area contributed by atoms with E-state index >= 15 is 0 Å². The molecule has 0 fully saturated rings. The van der Waals surface area contributed by atoms with Gasteiger partial charge in [-0.05, 0) is 52.2 Å². The molecule has 0 radical (unpaired) electrons.